The molecule has 0 atom stereocenters. The summed E-state index contributed by atoms with van der Waals surface area (Å²) in [6.07, 6.45) is 3.05. The van der Waals surface area contributed by atoms with Crippen molar-refractivity contribution in [2.75, 3.05) is 0 Å². The summed E-state index contributed by atoms with van der Waals surface area (Å²) in [5, 5.41) is 1.13. The number of halogens is 2. The van der Waals surface area contributed by atoms with E-state index in [-0.39, 0.29) is 12.2 Å². The highest BCUT2D eigenvalue weighted by Crippen LogP contribution is 2.18. The number of fused-ring (bicyclic) bond motifs is 1. The van der Waals surface area contributed by atoms with Gasteiger partial charge in [-0.25, -0.2) is 14.3 Å². The molecular formula is C23H16Cl2N4O3. The first-order valence-electron chi connectivity index (χ1n) is 9.75. The van der Waals surface area contributed by atoms with Crippen molar-refractivity contribution in [3.8, 4) is 5.69 Å². The molecule has 0 amide bonds. The molecule has 0 aliphatic rings. The van der Waals surface area contributed by atoms with Crippen LogP contribution in [0.1, 0.15) is 11.3 Å². The van der Waals surface area contributed by atoms with Gasteiger partial charge in [-0.2, -0.15) is 0 Å². The van der Waals surface area contributed by atoms with Crippen molar-refractivity contribution in [3.63, 3.8) is 0 Å². The number of aromatic nitrogens is 4. The van der Waals surface area contributed by atoms with Crippen molar-refractivity contribution in [2.45, 2.75) is 13.1 Å². The van der Waals surface area contributed by atoms with E-state index in [9.17, 15) is 9.59 Å². The molecule has 32 heavy (non-hydrogen) atoms. The molecule has 5 rings (SSSR count). The van der Waals surface area contributed by atoms with Gasteiger partial charge in [0.1, 0.15) is 5.76 Å². The summed E-state index contributed by atoms with van der Waals surface area (Å²) in [5.41, 5.74) is 1.04. The third kappa shape index (κ3) is 3.66. The second-order valence-corrected chi connectivity index (χ2v) is 8.11. The van der Waals surface area contributed by atoms with Gasteiger partial charge < -0.3 is 8.98 Å². The smallest absolute Gasteiger partial charge is 0.337 e. The van der Waals surface area contributed by atoms with Crippen molar-refractivity contribution < 1.29 is 4.42 Å². The lowest BCUT2D eigenvalue weighted by Crippen LogP contribution is -2.40. The predicted octanol–water partition coefficient (Wildman–Crippen LogP) is 4.35. The third-order valence-corrected chi connectivity index (χ3v) is 5.61. The molecule has 0 bridgehead atoms. The maximum absolute atomic E-state index is 13.5. The van der Waals surface area contributed by atoms with Gasteiger partial charge in [-0.3, -0.25) is 9.36 Å². The Hall–Kier alpha value is -3.55. The molecule has 3 heterocycles. The Morgan fingerprint density at radius 1 is 0.906 bits per heavy atom. The van der Waals surface area contributed by atoms with E-state index in [1.165, 1.54) is 10.8 Å². The van der Waals surface area contributed by atoms with E-state index in [2.05, 4.69) is 4.98 Å². The van der Waals surface area contributed by atoms with Crippen LogP contribution in [0, 0.1) is 0 Å². The molecule has 0 aliphatic heterocycles. The van der Waals surface area contributed by atoms with Crippen LogP contribution in [0.25, 0.3) is 16.9 Å². The first-order valence-corrected chi connectivity index (χ1v) is 10.5. The summed E-state index contributed by atoms with van der Waals surface area (Å²) < 4.78 is 9.65. The summed E-state index contributed by atoms with van der Waals surface area (Å²) in [5.74, 6) is 0.493. The van der Waals surface area contributed by atoms with E-state index in [1.54, 1.807) is 53.4 Å². The molecule has 160 valence electrons. The van der Waals surface area contributed by atoms with E-state index >= 15 is 0 Å². The van der Waals surface area contributed by atoms with Gasteiger partial charge in [0.15, 0.2) is 11.2 Å². The summed E-state index contributed by atoms with van der Waals surface area (Å²) in [7, 11) is 0. The maximum atomic E-state index is 13.5. The first-order chi connectivity index (χ1) is 15.5. The SMILES string of the molecule is O=c1c2c(ncn2Cc2cccc(Cl)c2)n(-c2ccc(Cl)cc2)c(=O)n1Cc1ccco1. The molecule has 3 aromatic heterocycles. The van der Waals surface area contributed by atoms with Gasteiger partial charge in [0.05, 0.1) is 24.8 Å². The standard InChI is InChI=1S/C23H16Cl2N4O3/c24-16-6-8-18(9-7-16)29-21-20(22(30)28(23(29)31)13-19-5-2-10-32-19)27(14-26-21)12-15-3-1-4-17(25)11-15/h1-11,14H,12-13H2. The van der Waals surface area contributed by atoms with Gasteiger partial charge in [-0.15, -0.1) is 0 Å². The van der Waals surface area contributed by atoms with Crippen molar-refractivity contribution in [2.24, 2.45) is 0 Å². The summed E-state index contributed by atoms with van der Waals surface area (Å²) >= 11 is 12.2. The van der Waals surface area contributed by atoms with E-state index in [4.69, 9.17) is 27.6 Å². The van der Waals surface area contributed by atoms with E-state index in [1.807, 2.05) is 18.2 Å². The second-order valence-electron chi connectivity index (χ2n) is 7.24. The van der Waals surface area contributed by atoms with Gasteiger partial charge in [0, 0.05) is 16.6 Å². The fourth-order valence-corrected chi connectivity index (χ4v) is 3.99. The van der Waals surface area contributed by atoms with Gasteiger partial charge in [0.2, 0.25) is 0 Å². The number of rotatable bonds is 5. The van der Waals surface area contributed by atoms with Crippen LogP contribution in [0.5, 0.6) is 0 Å². The van der Waals surface area contributed by atoms with Crippen LogP contribution in [-0.4, -0.2) is 18.7 Å². The van der Waals surface area contributed by atoms with Crippen LogP contribution in [-0.2, 0) is 13.1 Å². The number of furan rings is 1. The minimum Gasteiger partial charge on any atom is -0.467 e. The normalized spacial score (nSPS) is 11.3. The van der Waals surface area contributed by atoms with Crippen LogP contribution < -0.4 is 11.2 Å². The van der Waals surface area contributed by atoms with Crippen LogP contribution in [0.2, 0.25) is 10.0 Å². The summed E-state index contributed by atoms with van der Waals surface area (Å²) in [6.45, 7) is 0.364. The molecular weight excluding hydrogens is 451 g/mol. The number of benzene rings is 2. The number of imidazole rings is 1. The molecule has 5 aromatic rings. The maximum Gasteiger partial charge on any atom is 0.337 e. The monoisotopic (exact) mass is 466 g/mol. The van der Waals surface area contributed by atoms with Gasteiger partial charge in [-0.1, -0.05) is 35.3 Å². The quantitative estimate of drug-likeness (QED) is 0.385. The lowest BCUT2D eigenvalue weighted by atomic mass is 10.2. The lowest BCUT2D eigenvalue weighted by Gasteiger charge is -2.12. The number of nitrogens with zero attached hydrogens (tertiary/aromatic N) is 4. The molecule has 0 aliphatic carbocycles. The predicted molar refractivity (Wildman–Crippen MR) is 123 cm³/mol. The van der Waals surface area contributed by atoms with Crippen molar-refractivity contribution >= 4 is 34.4 Å². The summed E-state index contributed by atoms with van der Waals surface area (Å²) in [6, 6.07) is 17.6. The average molecular weight is 467 g/mol. The zero-order valence-electron chi connectivity index (χ0n) is 16.6. The minimum atomic E-state index is -0.519. The minimum absolute atomic E-state index is 0.00343. The Bertz CT molecular complexity index is 1530. The fraction of sp³-hybridized carbons (Fsp3) is 0.0870. The van der Waals surface area contributed by atoms with Gasteiger partial charge in [-0.05, 0) is 54.1 Å². The molecule has 0 saturated carbocycles. The highest BCUT2D eigenvalue weighted by Gasteiger charge is 2.20. The molecule has 0 saturated heterocycles. The molecule has 0 unspecified atom stereocenters. The lowest BCUT2D eigenvalue weighted by molar-refractivity contribution is 0.482. The Kier molecular flexibility index (Phi) is 5.20. The van der Waals surface area contributed by atoms with Gasteiger partial charge in [0.25, 0.3) is 5.56 Å². The van der Waals surface area contributed by atoms with E-state index in [0.717, 1.165) is 10.1 Å². The Morgan fingerprint density at radius 3 is 2.44 bits per heavy atom. The highest BCUT2D eigenvalue weighted by molar-refractivity contribution is 6.30. The number of hydrogen-bond donors (Lipinski definition) is 0. The Balaban J connectivity index is 1.76. The van der Waals surface area contributed by atoms with Crippen LogP contribution in [0.3, 0.4) is 0 Å². The molecule has 9 heteroatoms. The second kappa shape index (κ2) is 8.18. The highest BCUT2D eigenvalue weighted by atomic mass is 35.5. The molecule has 0 spiro atoms. The number of hydrogen-bond acceptors (Lipinski definition) is 4. The van der Waals surface area contributed by atoms with E-state index in [0.29, 0.717) is 33.6 Å². The molecule has 7 nitrogen and oxygen atoms in total. The molecule has 2 aromatic carbocycles. The van der Waals surface area contributed by atoms with Crippen molar-refractivity contribution in [1.29, 1.82) is 0 Å². The van der Waals surface area contributed by atoms with Gasteiger partial charge >= 0.3 is 5.69 Å². The van der Waals surface area contributed by atoms with E-state index < -0.39 is 11.2 Å². The molecule has 0 N–H and O–H groups in total. The first kappa shape index (κ1) is 20.4. The average Bonchev–Trinajstić information content (AvgIpc) is 3.43. The Morgan fingerprint density at radius 2 is 1.72 bits per heavy atom. The topological polar surface area (TPSA) is 75.0 Å². The van der Waals surface area contributed by atoms with Crippen LogP contribution in [0.15, 0.2) is 87.3 Å². The fourth-order valence-electron chi connectivity index (χ4n) is 3.65. The zero-order valence-corrected chi connectivity index (χ0v) is 18.1. The largest absolute Gasteiger partial charge is 0.467 e. The molecule has 0 radical (unpaired) electrons. The third-order valence-electron chi connectivity index (χ3n) is 5.12. The Labute approximate surface area is 191 Å². The molecule has 0 fully saturated rings. The summed E-state index contributed by atoms with van der Waals surface area (Å²) in [4.78, 5) is 31.3. The van der Waals surface area contributed by atoms with Crippen molar-refractivity contribution in [3.05, 3.63) is 115 Å². The van der Waals surface area contributed by atoms with Crippen LogP contribution >= 0.6 is 23.2 Å². The van der Waals surface area contributed by atoms with Crippen LogP contribution in [0.4, 0.5) is 0 Å². The zero-order chi connectivity index (χ0) is 22.2. The van der Waals surface area contributed by atoms with Crippen molar-refractivity contribution in [1.82, 2.24) is 18.7 Å².